The van der Waals surface area contributed by atoms with Gasteiger partial charge in [0, 0.05) is 18.7 Å². The Bertz CT molecular complexity index is 2180. The Labute approximate surface area is 278 Å². The summed E-state index contributed by atoms with van der Waals surface area (Å²) in [5.74, 6) is -1.71. The molecule has 21 heteroatoms. The van der Waals surface area contributed by atoms with E-state index in [0.29, 0.717) is 43.6 Å². The maximum Gasteiger partial charge on any atom is 0.337 e. The summed E-state index contributed by atoms with van der Waals surface area (Å²) in [4.78, 5) is 25.2. The first-order chi connectivity index (χ1) is 23.2. The number of hydrazone groups is 1. The highest BCUT2D eigenvalue weighted by Gasteiger charge is 2.21. The Morgan fingerprint density at radius 2 is 1.57 bits per heavy atom. The van der Waals surface area contributed by atoms with Crippen LogP contribution in [0.15, 0.2) is 85.8 Å². The minimum atomic E-state index is -4.84. The van der Waals surface area contributed by atoms with E-state index in [9.17, 15) is 40.9 Å². The minimum Gasteiger partial charge on any atom is -0.504 e. The summed E-state index contributed by atoms with van der Waals surface area (Å²) < 4.78 is 72.4. The van der Waals surface area contributed by atoms with Crippen molar-refractivity contribution < 1.29 is 45.7 Å². The maximum atomic E-state index is 12.2. The molecule has 0 atom stereocenters. The first kappa shape index (κ1) is 34.7. The van der Waals surface area contributed by atoms with Gasteiger partial charge in [0.2, 0.25) is 17.7 Å². The van der Waals surface area contributed by atoms with Gasteiger partial charge in [-0.1, -0.05) is 30.3 Å². The fourth-order valence-corrected chi connectivity index (χ4v) is 5.40. The number of aromatic carboxylic acids is 1. The van der Waals surface area contributed by atoms with E-state index in [1.807, 2.05) is 4.90 Å². The molecule has 0 saturated carbocycles. The second-order valence-electron chi connectivity index (χ2n) is 10.1. The number of phenolic OH excluding ortho intramolecular Hbond substituents is 1. The molecule has 4 aromatic rings. The Balaban J connectivity index is 1.55. The van der Waals surface area contributed by atoms with Crippen molar-refractivity contribution in [1.82, 2.24) is 15.0 Å². The topological polar surface area (TPSA) is 279 Å². The molecule has 19 nitrogen and oxygen atoms in total. The SMILES string of the molecule is Cc1nc(Nc2cc(S(=O)(=O)O)cc(NN=C(N=Nc3cc(S(=O)(=O)O)ccc3C(=O)O)c3ccccc3)c2O)nc(N2CCOCC2)n1. The van der Waals surface area contributed by atoms with Crippen LogP contribution in [-0.2, 0) is 25.0 Å². The Kier molecular flexibility index (Phi) is 10.1. The molecule has 2 heterocycles. The number of aromatic hydroxyl groups is 1. The third-order valence-electron chi connectivity index (χ3n) is 6.72. The van der Waals surface area contributed by atoms with E-state index in [2.05, 4.69) is 41.0 Å². The molecule has 5 rings (SSSR count). The summed E-state index contributed by atoms with van der Waals surface area (Å²) in [6.07, 6.45) is 0. The molecule has 6 N–H and O–H groups in total. The molecule has 1 fully saturated rings. The number of azo groups is 1. The number of rotatable bonds is 10. The number of hydrogen-bond acceptors (Lipinski definition) is 15. The molecular formula is C28H27N9O10S2. The van der Waals surface area contributed by atoms with Crippen LogP contribution in [0, 0.1) is 6.92 Å². The zero-order valence-electron chi connectivity index (χ0n) is 25.3. The average Bonchev–Trinajstić information content (AvgIpc) is 3.05. The summed E-state index contributed by atoms with van der Waals surface area (Å²) in [6.45, 7) is 3.57. The number of aryl methyl sites for hydroxylation is 1. The molecule has 0 unspecified atom stereocenters. The number of nitrogens with zero attached hydrogens (tertiary/aromatic N) is 7. The number of phenols is 1. The van der Waals surface area contributed by atoms with Gasteiger partial charge in [-0.25, -0.2) is 4.79 Å². The average molecular weight is 714 g/mol. The van der Waals surface area contributed by atoms with Crippen molar-refractivity contribution in [2.75, 3.05) is 41.9 Å². The van der Waals surface area contributed by atoms with Gasteiger partial charge in [-0.15, -0.1) is 10.2 Å². The van der Waals surface area contributed by atoms with Crippen LogP contribution in [0.5, 0.6) is 5.75 Å². The van der Waals surface area contributed by atoms with Crippen molar-refractivity contribution in [3.63, 3.8) is 0 Å². The Hall–Kier alpha value is -5.61. The number of amidine groups is 1. The predicted octanol–water partition coefficient (Wildman–Crippen LogP) is 3.22. The van der Waals surface area contributed by atoms with Gasteiger partial charge in [-0.05, 0) is 37.3 Å². The minimum absolute atomic E-state index is 0.0497. The van der Waals surface area contributed by atoms with Gasteiger partial charge in [0.25, 0.3) is 20.2 Å². The monoisotopic (exact) mass is 713 g/mol. The van der Waals surface area contributed by atoms with E-state index in [-0.39, 0.29) is 23.2 Å². The normalized spacial score (nSPS) is 14.2. The number of hydrogen-bond donors (Lipinski definition) is 6. The summed E-state index contributed by atoms with van der Waals surface area (Å²) in [5, 5.41) is 35.4. The van der Waals surface area contributed by atoms with Crippen LogP contribution in [-0.4, -0.2) is 89.2 Å². The molecule has 1 aliphatic rings. The number of carboxylic acid groups (broad SMARTS) is 1. The van der Waals surface area contributed by atoms with Crippen LogP contribution in [0.3, 0.4) is 0 Å². The summed E-state index contributed by atoms with van der Waals surface area (Å²) >= 11 is 0. The summed E-state index contributed by atoms with van der Waals surface area (Å²) in [5.41, 5.74) is 1.28. The number of aromatic nitrogens is 3. The largest absolute Gasteiger partial charge is 0.504 e. The zero-order chi connectivity index (χ0) is 35.3. The van der Waals surface area contributed by atoms with Crippen molar-refractivity contribution in [3.05, 3.63) is 77.6 Å². The fraction of sp³-hybridized carbons (Fsp3) is 0.179. The number of carboxylic acids is 1. The van der Waals surface area contributed by atoms with Crippen LogP contribution < -0.4 is 15.6 Å². The van der Waals surface area contributed by atoms with Crippen molar-refractivity contribution >= 4 is 61.0 Å². The molecule has 0 bridgehead atoms. The first-order valence-corrected chi connectivity index (χ1v) is 16.9. The van der Waals surface area contributed by atoms with Gasteiger partial charge in [0.1, 0.15) is 17.2 Å². The molecule has 49 heavy (non-hydrogen) atoms. The van der Waals surface area contributed by atoms with Gasteiger partial charge >= 0.3 is 5.97 Å². The van der Waals surface area contributed by atoms with Crippen molar-refractivity contribution in [2.24, 2.45) is 15.3 Å². The molecule has 1 aromatic heterocycles. The fourth-order valence-electron chi connectivity index (χ4n) is 4.37. The number of anilines is 4. The lowest BCUT2D eigenvalue weighted by molar-refractivity contribution is 0.0697. The summed E-state index contributed by atoms with van der Waals surface area (Å²) in [6, 6.07) is 12.4. The molecule has 1 aliphatic heterocycles. The lowest BCUT2D eigenvalue weighted by Crippen LogP contribution is -2.37. The first-order valence-electron chi connectivity index (χ1n) is 14.0. The number of morpholine rings is 1. The third-order valence-corrected chi connectivity index (χ3v) is 8.40. The van der Waals surface area contributed by atoms with Crippen LogP contribution in [0.25, 0.3) is 0 Å². The smallest absolute Gasteiger partial charge is 0.337 e. The van der Waals surface area contributed by atoms with Crippen molar-refractivity contribution in [3.8, 4) is 5.75 Å². The molecule has 3 aromatic carbocycles. The van der Waals surface area contributed by atoms with Gasteiger partial charge in [-0.3, -0.25) is 14.5 Å². The second-order valence-corrected chi connectivity index (χ2v) is 13.0. The number of carbonyl (C=O) groups is 1. The Morgan fingerprint density at radius 3 is 2.22 bits per heavy atom. The number of benzene rings is 3. The zero-order valence-corrected chi connectivity index (χ0v) is 26.9. The van der Waals surface area contributed by atoms with Crippen molar-refractivity contribution in [2.45, 2.75) is 16.7 Å². The second kappa shape index (κ2) is 14.2. The van der Waals surface area contributed by atoms with Crippen LogP contribution >= 0.6 is 0 Å². The van der Waals surface area contributed by atoms with Gasteiger partial charge in [-0.2, -0.15) is 36.9 Å². The Morgan fingerprint density at radius 1 is 0.898 bits per heavy atom. The van der Waals surface area contributed by atoms with E-state index in [4.69, 9.17) is 4.74 Å². The molecule has 1 saturated heterocycles. The molecule has 0 amide bonds. The van der Waals surface area contributed by atoms with E-state index >= 15 is 0 Å². The summed E-state index contributed by atoms with van der Waals surface area (Å²) in [7, 11) is -9.56. The number of nitrogens with one attached hydrogen (secondary N) is 2. The van der Waals surface area contributed by atoms with Crippen molar-refractivity contribution in [1.29, 1.82) is 0 Å². The predicted molar refractivity (Wildman–Crippen MR) is 173 cm³/mol. The van der Waals surface area contributed by atoms with E-state index < -0.39 is 53.0 Å². The highest BCUT2D eigenvalue weighted by Crippen LogP contribution is 2.37. The molecule has 256 valence electrons. The van der Waals surface area contributed by atoms with Gasteiger partial charge in [0.05, 0.1) is 34.3 Å². The highest BCUT2D eigenvalue weighted by molar-refractivity contribution is 7.86. The van der Waals surface area contributed by atoms with Gasteiger partial charge in [0.15, 0.2) is 5.75 Å². The third kappa shape index (κ3) is 8.65. The quantitative estimate of drug-likeness (QED) is 0.0343. The lowest BCUT2D eigenvalue weighted by atomic mass is 10.2. The van der Waals surface area contributed by atoms with Crippen LogP contribution in [0.4, 0.5) is 29.0 Å². The van der Waals surface area contributed by atoms with E-state index in [1.165, 1.54) is 0 Å². The molecule has 0 radical (unpaired) electrons. The lowest BCUT2D eigenvalue weighted by Gasteiger charge is -2.27. The van der Waals surface area contributed by atoms with E-state index in [1.54, 1.807) is 37.3 Å². The van der Waals surface area contributed by atoms with Crippen LogP contribution in [0.2, 0.25) is 0 Å². The number of ether oxygens (including phenoxy) is 1. The highest BCUT2D eigenvalue weighted by atomic mass is 32.2. The standard InChI is InChI=1S/C28H27N9O10S2/c1-16-29-27(32-28(30-16)37-9-11-47-12-10-37)31-22-14-19(49(44,45)46)15-23(24(22)38)34-36-25(17-5-3-2-4-6-17)35-33-21-13-18(48(41,42)43)7-8-20(21)26(39)40/h2-8,13-15,34,38H,9-12H2,1H3,(H,39,40)(H,41,42,43)(H,44,45,46)(H,29,30,31,32). The maximum absolute atomic E-state index is 12.2. The molecule has 0 spiro atoms. The van der Waals surface area contributed by atoms with E-state index in [0.717, 1.165) is 30.3 Å². The molecular weight excluding hydrogens is 686 g/mol. The molecule has 0 aliphatic carbocycles. The van der Waals surface area contributed by atoms with Crippen LogP contribution in [0.1, 0.15) is 21.7 Å². The van der Waals surface area contributed by atoms with Gasteiger partial charge < -0.3 is 25.2 Å².